The van der Waals surface area contributed by atoms with Crippen molar-refractivity contribution in [2.75, 3.05) is 13.2 Å². The Kier molecular flexibility index (Phi) is 16.1. The van der Waals surface area contributed by atoms with Crippen molar-refractivity contribution in [3.8, 4) is 0 Å². The number of ether oxygens (including phenoxy) is 2. The maximum atomic E-state index is 12.5. The fourth-order valence-corrected chi connectivity index (χ4v) is 6.74. The quantitative estimate of drug-likeness (QED) is 0.123. The van der Waals surface area contributed by atoms with Crippen molar-refractivity contribution < 1.29 is 14.3 Å². The summed E-state index contributed by atoms with van der Waals surface area (Å²) in [6.45, 7) is 16.9. The standard InChI is InChI=1S/C42H67NO3/c1-8-9-10-11-12-13-14-15-16-17-18-19-20-21-30-45-40(44)46-37-31-38(43-32-37)39(33-22-26-35(27-23-33)41(2,3)4)34-24-28-36(29-25-34)42(5,6)7/h22-29,37-39,43H,8-21,30-32H2,1-7H3/t37-,38-/m1/s1. The molecule has 3 rings (SSSR count). The van der Waals surface area contributed by atoms with Gasteiger partial charge in [-0.3, -0.25) is 0 Å². The molecule has 0 radical (unpaired) electrons. The van der Waals surface area contributed by atoms with E-state index in [2.05, 4.69) is 102 Å². The molecule has 46 heavy (non-hydrogen) atoms. The molecule has 2 aromatic carbocycles. The van der Waals surface area contributed by atoms with Gasteiger partial charge in [-0.25, -0.2) is 4.79 Å². The maximum absolute atomic E-state index is 12.5. The summed E-state index contributed by atoms with van der Waals surface area (Å²) in [5, 5.41) is 3.69. The predicted octanol–water partition coefficient (Wildman–Crippen LogP) is 11.8. The highest BCUT2D eigenvalue weighted by Gasteiger charge is 2.35. The van der Waals surface area contributed by atoms with Gasteiger partial charge in [0.2, 0.25) is 0 Å². The molecule has 1 heterocycles. The highest BCUT2D eigenvalue weighted by Crippen LogP contribution is 2.35. The Hall–Kier alpha value is -2.33. The van der Waals surface area contributed by atoms with Crippen LogP contribution in [0.15, 0.2) is 48.5 Å². The number of carbonyl (C=O) groups excluding carboxylic acids is 1. The van der Waals surface area contributed by atoms with Gasteiger partial charge in [-0.2, -0.15) is 0 Å². The van der Waals surface area contributed by atoms with Gasteiger partial charge in [0.05, 0.1) is 6.61 Å². The number of nitrogens with one attached hydrogen (secondary N) is 1. The first-order valence-corrected chi connectivity index (χ1v) is 18.8. The fraction of sp³-hybridized carbons (Fsp3) is 0.690. The van der Waals surface area contributed by atoms with Crippen molar-refractivity contribution in [2.24, 2.45) is 0 Å². The SMILES string of the molecule is CCCCCCCCCCCCCCCCOC(=O)O[C@H]1CN[C@@H](C(c2ccc(C(C)(C)C)cc2)c2ccc(C(C)(C)C)cc2)C1. The summed E-state index contributed by atoms with van der Waals surface area (Å²) in [5.74, 6) is 0.170. The van der Waals surface area contributed by atoms with Crippen LogP contribution in [0.25, 0.3) is 0 Å². The van der Waals surface area contributed by atoms with E-state index in [0.717, 1.165) is 19.3 Å². The second-order valence-corrected chi connectivity index (χ2v) is 15.9. The Morgan fingerprint density at radius 1 is 0.674 bits per heavy atom. The summed E-state index contributed by atoms with van der Waals surface area (Å²) < 4.78 is 11.3. The van der Waals surface area contributed by atoms with Gasteiger partial charge in [-0.15, -0.1) is 0 Å². The molecule has 0 unspecified atom stereocenters. The molecular weight excluding hydrogens is 566 g/mol. The van der Waals surface area contributed by atoms with Gasteiger partial charge >= 0.3 is 6.16 Å². The van der Waals surface area contributed by atoms with Crippen LogP contribution in [-0.2, 0) is 20.3 Å². The molecule has 0 amide bonds. The number of rotatable bonds is 19. The van der Waals surface area contributed by atoms with Crippen LogP contribution in [0.4, 0.5) is 4.79 Å². The van der Waals surface area contributed by atoms with Crippen molar-refractivity contribution >= 4 is 6.16 Å². The first-order chi connectivity index (χ1) is 22.0. The van der Waals surface area contributed by atoms with E-state index in [1.54, 1.807) is 0 Å². The molecule has 1 aliphatic rings. The van der Waals surface area contributed by atoms with Gasteiger partial charge in [-0.1, -0.05) is 180 Å². The van der Waals surface area contributed by atoms with Crippen LogP contribution in [0.3, 0.4) is 0 Å². The normalized spacial score (nSPS) is 17.0. The molecule has 4 heteroatoms. The summed E-state index contributed by atoms with van der Waals surface area (Å²) in [7, 11) is 0. The second kappa shape index (κ2) is 19.5. The van der Waals surface area contributed by atoms with Gasteiger partial charge in [0.15, 0.2) is 0 Å². The summed E-state index contributed by atoms with van der Waals surface area (Å²) >= 11 is 0. The van der Waals surface area contributed by atoms with Gasteiger partial charge in [0.25, 0.3) is 0 Å². The molecule has 0 saturated carbocycles. The Morgan fingerprint density at radius 3 is 1.50 bits per heavy atom. The predicted molar refractivity (Wildman–Crippen MR) is 195 cm³/mol. The van der Waals surface area contributed by atoms with E-state index in [0.29, 0.717) is 13.2 Å². The Bertz CT molecular complexity index is 1050. The number of benzene rings is 2. The lowest BCUT2D eigenvalue weighted by molar-refractivity contribution is 0.0279. The van der Waals surface area contributed by atoms with E-state index in [4.69, 9.17) is 9.47 Å². The topological polar surface area (TPSA) is 47.6 Å². The van der Waals surface area contributed by atoms with Gasteiger partial charge in [0.1, 0.15) is 6.10 Å². The van der Waals surface area contributed by atoms with E-state index >= 15 is 0 Å². The Morgan fingerprint density at radius 2 is 1.09 bits per heavy atom. The van der Waals surface area contributed by atoms with Crippen LogP contribution in [0.5, 0.6) is 0 Å². The first-order valence-electron chi connectivity index (χ1n) is 18.8. The molecule has 0 bridgehead atoms. The average Bonchev–Trinajstić information content (AvgIpc) is 3.46. The maximum Gasteiger partial charge on any atom is 0.508 e. The van der Waals surface area contributed by atoms with Crippen LogP contribution in [0.2, 0.25) is 0 Å². The van der Waals surface area contributed by atoms with Crippen LogP contribution < -0.4 is 5.32 Å². The molecule has 4 nitrogen and oxygen atoms in total. The van der Waals surface area contributed by atoms with Gasteiger partial charge in [-0.05, 0) is 39.5 Å². The molecule has 0 spiro atoms. The summed E-state index contributed by atoms with van der Waals surface area (Å²) in [4.78, 5) is 12.5. The largest absolute Gasteiger partial charge is 0.508 e. The minimum absolute atomic E-state index is 0.111. The lowest BCUT2D eigenvalue weighted by Crippen LogP contribution is -2.30. The zero-order chi connectivity index (χ0) is 33.4. The molecule has 0 aliphatic carbocycles. The minimum atomic E-state index is -0.525. The van der Waals surface area contributed by atoms with E-state index in [1.807, 2.05) is 0 Å². The molecule has 2 atom stereocenters. The highest BCUT2D eigenvalue weighted by molar-refractivity contribution is 5.60. The van der Waals surface area contributed by atoms with E-state index in [9.17, 15) is 4.79 Å². The number of hydrogen-bond donors (Lipinski definition) is 1. The van der Waals surface area contributed by atoms with Crippen LogP contribution in [-0.4, -0.2) is 31.5 Å². The zero-order valence-corrected chi connectivity index (χ0v) is 30.6. The van der Waals surface area contributed by atoms with Crippen molar-refractivity contribution in [2.45, 2.75) is 174 Å². The molecule has 1 N–H and O–H groups in total. The molecule has 258 valence electrons. The summed E-state index contributed by atoms with van der Waals surface area (Å²) in [6.07, 6.45) is 18.4. The van der Waals surface area contributed by atoms with Crippen LogP contribution >= 0.6 is 0 Å². The third-order valence-corrected chi connectivity index (χ3v) is 9.78. The smallest absolute Gasteiger partial charge is 0.434 e. The molecule has 1 fully saturated rings. The molecular formula is C42H67NO3. The monoisotopic (exact) mass is 634 g/mol. The van der Waals surface area contributed by atoms with Crippen molar-refractivity contribution in [1.82, 2.24) is 5.32 Å². The Balaban J connectivity index is 1.39. The van der Waals surface area contributed by atoms with E-state index < -0.39 is 6.16 Å². The Labute approximate surface area is 282 Å². The van der Waals surface area contributed by atoms with Gasteiger partial charge in [0, 0.05) is 24.9 Å². The molecule has 1 aliphatic heterocycles. The minimum Gasteiger partial charge on any atom is -0.434 e. The first kappa shape index (κ1) is 38.1. The number of carbonyl (C=O) groups is 1. The third kappa shape index (κ3) is 13.4. The molecule has 1 saturated heterocycles. The second-order valence-electron chi connectivity index (χ2n) is 15.9. The van der Waals surface area contributed by atoms with Crippen molar-refractivity contribution in [3.63, 3.8) is 0 Å². The summed E-state index contributed by atoms with van der Waals surface area (Å²) in [5.41, 5.74) is 5.46. The summed E-state index contributed by atoms with van der Waals surface area (Å²) in [6, 6.07) is 18.4. The number of unbranched alkanes of at least 4 members (excludes halogenated alkanes) is 13. The van der Waals surface area contributed by atoms with Crippen molar-refractivity contribution in [3.05, 3.63) is 70.8 Å². The third-order valence-electron chi connectivity index (χ3n) is 9.78. The zero-order valence-electron chi connectivity index (χ0n) is 30.6. The van der Waals surface area contributed by atoms with Crippen LogP contribution in [0, 0.1) is 0 Å². The fourth-order valence-electron chi connectivity index (χ4n) is 6.74. The van der Waals surface area contributed by atoms with Gasteiger partial charge < -0.3 is 14.8 Å². The van der Waals surface area contributed by atoms with E-state index in [-0.39, 0.29) is 28.9 Å². The number of hydrogen-bond acceptors (Lipinski definition) is 4. The lowest BCUT2D eigenvalue weighted by Gasteiger charge is -2.27. The van der Waals surface area contributed by atoms with E-state index in [1.165, 1.54) is 99.3 Å². The molecule has 0 aromatic heterocycles. The lowest BCUT2D eigenvalue weighted by atomic mass is 9.80. The highest BCUT2D eigenvalue weighted by atomic mass is 16.7. The van der Waals surface area contributed by atoms with Crippen LogP contribution in [0.1, 0.15) is 173 Å². The average molecular weight is 634 g/mol. The molecule has 2 aromatic rings. The van der Waals surface area contributed by atoms with Crippen molar-refractivity contribution in [1.29, 1.82) is 0 Å².